The fourth-order valence-electron chi connectivity index (χ4n) is 3.46. The molecule has 0 bridgehead atoms. The van der Waals surface area contributed by atoms with Crippen LogP contribution < -0.4 is 9.80 Å². The van der Waals surface area contributed by atoms with Gasteiger partial charge < -0.3 is 14.5 Å². The van der Waals surface area contributed by atoms with E-state index >= 15 is 0 Å². The van der Waals surface area contributed by atoms with Crippen molar-refractivity contribution in [3.8, 4) is 0 Å². The molecule has 2 aliphatic heterocycles. The highest BCUT2D eigenvalue weighted by Gasteiger charge is 2.40. The summed E-state index contributed by atoms with van der Waals surface area (Å²) >= 11 is 0. The molecule has 2 aromatic rings. The highest BCUT2D eigenvalue weighted by Crippen LogP contribution is 2.32. The minimum Gasteiger partial charge on any atom is -0.371 e. The van der Waals surface area contributed by atoms with Crippen LogP contribution in [0.3, 0.4) is 0 Å². The highest BCUT2D eigenvalue weighted by molar-refractivity contribution is 5.39. The van der Waals surface area contributed by atoms with Crippen molar-refractivity contribution in [2.45, 2.75) is 18.4 Å². The van der Waals surface area contributed by atoms with E-state index in [1.807, 2.05) is 24.4 Å². The third kappa shape index (κ3) is 2.99. The Morgan fingerprint density at radius 1 is 0.870 bits per heavy atom. The lowest BCUT2D eigenvalue weighted by molar-refractivity contribution is -0.0708. The van der Waals surface area contributed by atoms with Gasteiger partial charge in [0.2, 0.25) is 5.95 Å². The van der Waals surface area contributed by atoms with Crippen LogP contribution in [-0.2, 0) is 4.74 Å². The lowest BCUT2D eigenvalue weighted by Gasteiger charge is -2.47. The molecule has 0 radical (unpaired) electrons. The van der Waals surface area contributed by atoms with Crippen LogP contribution in [0, 0.1) is 0 Å². The maximum absolute atomic E-state index is 6.20. The predicted molar refractivity (Wildman–Crippen MR) is 88.6 cm³/mol. The zero-order valence-corrected chi connectivity index (χ0v) is 13.1. The molecule has 120 valence electrons. The summed E-state index contributed by atoms with van der Waals surface area (Å²) < 4.78 is 6.20. The van der Waals surface area contributed by atoms with Gasteiger partial charge in [-0.3, -0.25) is 0 Å². The van der Waals surface area contributed by atoms with Gasteiger partial charge in [0.15, 0.2) is 0 Å². The molecule has 0 atom stereocenters. The number of rotatable bonds is 2. The van der Waals surface area contributed by atoms with Crippen LogP contribution in [0.1, 0.15) is 12.8 Å². The molecule has 1 spiro atoms. The second-order valence-electron chi connectivity index (χ2n) is 6.18. The van der Waals surface area contributed by atoms with Gasteiger partial charge in [-0.05, 0) is 31.0 Å². The Kier molecular flexibility index (Phi) is 3.83. The first-order valence-electron chi connectivity index (χ1n) is 8.17. The van der Waals surface area contributed by atoms with Crippen molar-refractivity contribution < 1.29 is 4.74 Å². The average Bonchev–Trinajstić information content (AvgIpc) is 2.64. The molecule has 2 aromatic heterocycles. The molecule has 6 nitrogen and oxygen atoms in total. The Morgan fingerprint density at radius 3 is 2.39 bits per heavy atom. The summed E-state index contributed by atoms with van der Waals surface area (Å²) in [6.07, 6.45) is 7.47. The molecule has 0 N–H and O–H groups in total. The molecular formula is C17H21N5O. The van der Waals surface area contributed by atoms with Gasteiger partial charge in [-0.15, -0.1) is 0 Å². The Balaban J connectivity index is 1.44. The predicted octanol–water partition coefficient (Wildman–Crippen LogP) is 1.75. The second kappa shape index (κ2) is 6.12. The van der Waals surface area contributed by atoms with Crippen LogP contribution in [0.5, 0.6) is 0 Å². The highest BCUT2D eigenvalue weighted by atomic mass is 16.5. The maximum Gasteiger partial charge on any atom is 0.225 e. The van der Waals surface area contributed by atoms with E-state index in [1.165, 1.54) is 0 Å². The summed E-state index contributed by atoms with van der Waals surface area (Å²) in [6.45, 7) is 4.41. The average molecular weight is 311 g/mol. The number of nitrogens with zero attached hydrogens (tertiary/aromatic N) is 5. The number of aromatic nitrogens is 3. The Labute approximate surface area is 136 Å². The molecule has 0 amide bonds. The standard InChI is InChI=1S/C17H21N5O/c1-2-7-18-15(4-1)21-10-5-17(6-11-21)14-22(12-13-23-17)16-19-8-3-9-20-16/h1-4,7-9H,5-6,10-14H2. The molecule has 2 saturated heterocycles. The summed E-state index contributed by atoms with van der Waals surface area (Å²) in [5, 5.41) is 0. The van der Waals surface area contributed by atoms with E-state index in [9.17, 15) is 0 Å². The number of anilines is 2. The zero-order valence-electron chi connectivity index (χ0n) is 13.1. The first kappa shape index (κ1) is 14.4. The smallest absolute Gasteiger partial charge is 0.225 e. The normalized spacial score (nSPS) is 20.7. The van der Waals surface area contributed by atoms with E-state index in [-0.39, 0.29) is 5.60 Å². The molecule has 0 saturated carbocycles. The first-order valence-corrected chi connectivity index (χ1v) is 8.17. The van der Waals surface area contributed by atoms with Gasteiger partial charge in [0.05, 0.1) is 18.8 Å². The molecule has 4 heterocycles. The second-order valence-corrected chi connectivity index (χ2v) is 6.18. The zero-order chi connectivity index (χ0) is 15.5. The van der Waals surface area contributed by atoms with Gasteiger partial charge in [-0.1, -0.05) is 6.07 Å². The number of ether oxygens (including phenoxy) is 1. The Bertz CT molecular complexity index is 628. The molecule has 23 heavy (non-hydrogen) atoms. The summed E-state index contributed by atoms with van der Waals surface area (Å²) in [5.41, 5.74) is -0.0806. The number of hydrogen-bond donors (Lipinski definition) is 0. The molecular weight excluding hydrogens is 290 g/mol. The van der Waals surface area contributed by atoms with Crippen molar-refractivity contribution in [2.24, 2.45) is 0 Å². The lowest BCUT2D eigenvalue weighted by Crippen LogP contribution is -2.57. The van der Waals surface area contributed by atoms with Gasteiger partial charge in [-0.2, -0.15) is 0 Å². The maximum atomic E-state index is 6.20. The number of pyridine rings is 1. The van der Waals surface area contributed by atoms with Crippen LogP contribution in [-0.4, -0.2) is 53.3 Å². The summed E-state index contributed by atoms with van der Waals surface area (Å²) in [4.78, 5) is 17.8. The van der Waals surface area contributed by atoms with Gasteiger partial charge in [0.1, 0.15) is 5.82 Å². The number of hydrogen-bond acceptors (Lipinski definition) is 6. The molecule has 0 aliphatic carbocycles. The minimum absolute atomic E-state index is 0.0806. The minimum atomic E-state index is -0.0806. The largest absolute Gasteiger partial charge is 0.371 e. The number of morpholine rings is 1. The monoisotopic (exact) mass is 311 g/mol. The van der Waals surface area contributed by atoms with Crippen LogP contribution in [0.25, 0.3) is 0 Å². The third-order valence-electron chi connectivity index (χ3n) is 4.73. The van der Waals surface area contributed by atoms with E-state index < -0.39 is 0 Å². The molecule has 6 heteroatoms. The molecule has 0 unspecified atom stereocenters. The summed E-state index contributed by atoms with van der Waals surface area (Å²) in [7, 11) is 0. The lowest BCUT2D eigenvalue weighted by atomic mass is 9.89. The van der Waals surface area contributed by atoms with Gasteiger partial charge in [0.25, 0.3) is 0 Å². The summed E-state index contributed by atoms with van der Waals surface area (Å²) in [5.74, 6) is 1.86. The molecule has 2 aliphatic rings. The van der Waals surface area contributed by atoms with E-state index in [2.05, 4.69) is 30.8 Å². The van der Waals surface area contributed by atoms with Crippen molar-refractivity contribution in [3.63, 3.8) is 0 Å². The quantitative estimate of drug-likeness (QED) is 0.842. The van der Waals surface area contributed by atoms with Crippen LogP contribution in [0.2, 0.25) is 0 Å². The third-order valence-corrected chi connectivity index (χ3v) is 4.73. The van der Waals surface area contributed by atoms with E-state index in [0.29, 0.717) is 0 Å². The van der Waals surface area contributed by atoms with E-state index in [4.69, 9.17) is 4.74 Å². The topological polar surface area (TPSA) is 54.4 Å². The first-order chi connectivity index (χ1) is 11.3. The van der Waals surface area contributed by atoms with Crippen LogP contribution in [0.4, 0.5) is 11.8 Å². The van der Waals surface area contributed by atoms with E-state index in [1.54, 1.807) is 12.4 Å². The van der Waals surface area contributed by atoms with Crippen molar-refractivity contribution in [1.29, 1.82) is 0 Å². The number of piperidine rings is 1. The van der Waals surface area contributed by atoms with E-state index in [0.717, 1.165) is 57.4 Å². The Hall–Kier alpha value is -2.21. The molecule has 0 aromatic carbocycles. The SMILES string of the molecule is c1ccc(N2CCC3(CC2)CN(c2ncccn2)CCO3)nc1. The van der Waals surface area contributed by atoms with Gasteiger partial charge in [-0.25, -0.2) is 15.0 Å². The molecule has 2 fully saturated rings. The van der Waals surface area contributed by atoms with Crippen LogP contribution >= 0.6 is 0 Å². The van der Waals surface area contributed by atoms with Crippen molar-refractivity contribution in [1.82, 2.24) is 15.0 Å². The van der Waals surface area contributed by atoms with Crippen molar-refractivity contribution in [3.05, 3.63) is 42.9 Å². The van der Waals surface area contributed by atoms with Gasteiger partial charge >= 0.3 is 0 Å². The van der Waals surface area contributed by atoms with Crippen LogP contribution in [0.15, 0.2) is 42.9 Å². The fraction of sp³-hybridized carbons (Fsp3) is 0.471. The van der Waals surface area contributed by atoms with Crippen molar-refractivity contribution >= 4 is 11.8 Å². The fourth-order valence-corrected chi connectivity index (χ4v) is 3.46. The molecule has 4 rings (SSSR count). The van der Waals surface area contributed by atoms with Gasteiger partial charge in [0, 0.05) is 38.2 Å². The Morgan fingerprint density at radius 2 is 1.65 bits per heavy atom. The van der Waals surface area contributed by atoms with Crippen molar-refractivity contribution in [2.75, 3.05) is 42.6 Å². The summed E-state index contributed by atoms with van der Waals surface area (Å²) in [6, 6.07) is 7.92.